The van der Waals surface area contributed by atoms with Gasteiger partial charge in [0.15, 0.2) is 0 Å². The van der Waals surface area contributed by atoms with E-state index in [1.807, 2.05) is 30.3 Å². The summed E-state index contributed by atoms with van der Waals surface area (Å²) in [7, 11) is 1.58. The van der Waals surface area contributed by atoms with Crippen LogP contribution in [0, 0.1) is 23.7 Å². The van der Waals surface area contributed by atoms with Gasteiger partial charge in [0.2, 0.25) is 17.7 Å². The number of nitrogens with one attached hydrogen (secondary N) is 1. The van der Waals surface area contributed by atoms with E-state index < -0.39 is 6.04 Å². The van der Waals surface area contributed by atoms with E-state index in [0.29, 0.717) is 11.4 Å². The van der Waals surface area contributed by atoms with Crippen molar-refractivity contribution in [3.8, 4) is 5.75 Å². The van der Waals surface area contributed by atoms with E-state index in [2.05, 4.69) is 17.5 Å². The second kappa shape index (κ2) is 8.26. The van der Waals surface area contributed by atoms with Crippen LogP contribution in [0.3, 0.4) is 0 Å². The first-order valence-electron chi connectivity index (χ1n) is 11.1. The first-order valence-corrected chi connectivity index (χ1v) is 11.1. The maximum Gasteiger partial charge on any atom is 0.248 e. The standard InChI is InChI=1S/C26H26N2O4/c1-32-20-13-11-19(12-14-20)27-24(29)21(15-16-5-3-2-4-6-16)28-25(30)22-17-7-8-18(10-9-17)23(22)26(28)31/h2-8,11-14,17-18,21-23H,9-10,15H2,1H3,(H,27,29)/t17-,18-,21-,22+,23+/m0/s1. The van der Waals surface area contributed by atoms with Crippen LogP contribution in [0.15, 0.2) is 66.7 Å². The van der Waals surface area contributed by atoms with Gasteiger partial charge in [0, 0.05) is 12.1 Å². The molecule has 5 atom stereocenters. The van der Waals surface area contributed by atoms with Crippen molar-refractivity contribution in [1.82, 2.24) is 4.90 Å². The third-order valence-electron chi connectivity index (χ3n) is 7.04. The van der Waals surface area contributed by atoms with Gasteiger partial charge in [0.1, 0.15) is 11.8 Å². The van der Waals surface area contributed by atoms with Gasteiger partial charge in [-0.25, -0.2) is 0 Å². The zero-order valence-electron chi connectivity index (χ0n) is 17.9. The van der Waals surface area contributed by atoms with Crippen molar-refractivity contribution in [2.45, 2.75) is 25.3 Å². The first-order chi connectivity index (χ1) is 15.6. The van der Waals surface area contributed by atoms with Gasteiger partial charge >= 0.3 is 0 Å². The molecule has 1 saturated carbocycles. The molecular formula is C26H26N2O4. The maximum absolute atomic E-state index is 13.5. The fraction of sp³-hybridized carbons (Fsp3) is 0.346. The Bertz CT molecular complexity index is 1030. The Morgan fingerprint density at radius 3 is 2.09 bits per heavy atom. The average Bonchev–Trinajstić information content (AvgIpc) is 3.11. The van der Waals surface area contributed by atoms with E-state index in [-0.39, 0.29) is 47.8 Å². The number of ether oxygens (including phenoxy) is 1. The van der Waals surface area contributed by atoms with Crippen LogP contribution in [0.25, 0.3) is 0 Å². The maximum atomic E-state index is 13.5. The quantitative estimate of drug-likeness (QED) is 0.563. The molecule has 1 saturated heterocycles. The van der Waals surface area contributed by atoms with Crippen molar-refractivity contribution in [1.29, 1.82) is 0 Å². The zero-order valence-corrected chi connectivity index (χ0v) is 17.9. The Hall–Kier alpha value is -3.41. The highest BCUT2D eigenvalue weighted by atomic mass is 16.5. The summed E-state index contributed by atoms with van der Waals surface area (Å²) in [5.74, 6) is -0.575. The molecule has 6 heteroatoms. The van der Waals surface area contributed by atoms with Crippen LogP contribution in [-0.4, -0.2) is 35.8 Å². The Morgan fingerprint density at radius 2 is 1.56 bits per heavy atom. The van der Waals surface area contributed by atoms with Crippen molar-refractivity contribution in [2.75, 3.05) is 12.4 Å². The number of nitrogens with zero attached hydrogens (tertiary/aromatic N) is 1. The van der Waals surface area contributed by atoms with E-state index in [1.54, 1.807) is 31.4 Å². The molecule has 3 amide bonds. The predicted molar refractivity (Wildman–Crippen MR) is 120 cm³/mol. The molecule has 2 aromatic rings. The molecule has 1 heterocycles. The van der Waals surface area contributed by atoms with Crippen LogP contribution >= 0.6 is 0 Å². The van der Waals surface area contributed by atoms with E-state index in [0.717, 1.165) is 18.4 Å². The van der Waals surface area contributed by atoms with Crippen molar-refractivity contribution in [2.24, 2.45) is 23.7 Å². The Balaban J connectivity index is 1.45. The number of hydrogen-bond acceptors (Lipinski definition) is 4. The summed E-state index contributed by atoms with van der Waals surface area (Å²) in [4.78, 5) is 41.7. The van der Waals surface area contributed by atoms with Crippen molar-refractivity contribution in [3.63, 3.8) is 0 Å². The van der Waals surface area contributed by atoms with Crippen LogP contribution in [-0.2, 0) is 20.8 Å². The third kappa shape index (κ3) is 3.49. The second-order valence-electron chi connectivity index (χ2n) is 8.81. The smallest absolute Gasteiger partial charge is 0.248 e. The SMILES string of the molecule is COc1ccc(NC(=O)[C@H](Cc2ccccc2)N2C(=O)[C@H]3[C@H](C2=O)[C@H]2C=C[C@H]3CC2)cc1. The lowest BCUT2D eigenvalue weighted by atomic mass is 9.63. The molecule has 0 radical (unpaired) electrons. The highest BCUT2D eigenvalue weighted by Gasteiger charge is 2.58. The highest BCUT2D eigenvalue weighted by molar-refractivity contribution is 6.10. The number of benzene rings is 2. The molecule has 6 rings (SSSR count). The second-order valence-corrected chi connectivity index (χ2v) is 8.81. The largest absolute Gasteiger partial charge is 0.497 e. The van der Waals surface area contributed by atoms with Crippen LogP contribution in [0.4, 0.5) is 5.69 Å². The molecule has 0 unspecified atom stereocenters. The van der Waals surface area contributed by atoms with Crippen molar-refractivity contribution < 1.29 is 19.1 Å². The molecule has 0 aromatic heterocycles. The molecule has 1 aliphatic heterocycles. The monoisotopic (exact) mass is 430 g/mol. The minimum Gasteiger partial charge on any atom is -0.497 e. The van der Waals surface area contributed by atoms with E-state index in [1.165, 1.54) is 4.90 Å². The highest BCUT2D eigenvalue weighted by Crippen LogP contribution is 2.50. The number of amides is 3. The molecule has 2 fully saturated rings. The van der Waals surface area contributed by atoms with Gasteiger partial charge in [0.05, 0.1) is 18.9 Å². The van der Waals surface area contributed by atoms with Gasteiger partial charge in [-0.2, -0.15) is 0 Å². The molecule has 164 valence electrons. The molecule has 2 aromatic carbocycles. The summed E-state index contributed by atoms with van der Waals surface area (Å²) >= 11 is 0. The number of carbonyl (C=O) groups excluding carboxylic acids is 3. The predicted octanol–water partition coefficient (Wildman–Crippen LogP) is 3.44. The number of anilines is 1. The normalized spacial score (nSPS) is 26.7. The van der Waals surface area contributed by atoms with Gasteiger partial charge in [-0.3, -0.25) is 19.3 Å². The number of allylic oxidation sites excluding steroid dienone is 2. The van der Waals surface area contributed by atoms with Gasteiger partial charge in [0.25, 0.3) is 0 Å². The first kappa shape index (κ1) is 20.5. The molecule has 2 bridgehead atoms. The van der Waals surface area contributed by atoms with Gasteiger partial charge in [-0.1, -0.05) is 42.5 Å². The van der Waals surface area contributed by atoms with Crippen LogP contribution < -0.4 is 10.1 Å². The number of methoxy groups -OCH3 is 1. The number of rotatable bonds is 6. The molecule has 4 aliphatic rings. The summed E-state index contributed by atoms with van der Waals surface area (Å²) in [5, 5.41) is 2.89. The van der Waals surface area contributed by atoms with Crippen LogP contribution in [0.1, 0.15) is 18.4 Å². The summed E-state index contributed by atoms with van der Waals surface area (Å²) in [6.45, 7) is 0. The summed E-state index contributed by atoms with van der Waals surface area (Å²) in [6.07, 6.45) is 6.32. The Kier molecular flexibility index (Phi) is 5.29. The summed E-state index contributed by atoms with van der Waals surface area (Å²) < 4.78 is 5.17. The number of fused-ring (bicyclic) bond motifs is 1. The topological polar surface area (TPSA) is 75.7 Å². The zero-order chi connectivity index (χ0) is 22.2. The minimum atomic E-state index is -0.899. The minimum absolute atomic E-state index is 0.0912. The molecular weight excluding hydrogens is 404 g/mol. The number of hydrogen-bond donors (Lipinski definition) is 1. The average molecular weight is 431 g/mol. The van der Waals surface area contributed by atoms with Crippen LogP contribution in [0.2, 0.25) is 0 Å². The molecule has 6 nitrogen and oxygen atoms in total. The fourth-order valence-corrected chi connectivity index (χ4v) is 5.44. The molecule has 1 N–H and O–H groups in total. The molecule has 32 heavy (non-hydrogen) atoms. The lowest BCUT2D eigenvalue weighted by molar-refractivity contribution is -0.146. The van der Waals surface area contributed by atoms with Crippen molar-refractivity contribution >= 4 is 23.4 Å². The Labute approximate surface area is 187 Å². The van der Waals surface area contributed by atoms with Crippen LogP contribution in [0.5, 0.6) is 5.75 Å². The number of carbonyl (C=O) groups is 3. The van der Waals surface area contributed by atoms with E-state index in [9.17, 15) is 14.4 Å². The van der Waals surface area contributed by atoms with Gasteiger partial charge < -0.3 is 10.1 Å². The summed E-state index contributed by atoms with van der Waals surface area (Å²) in [6, 6.07) is 15.6. The third-order valence-corrected chi connectivity index (χ3v) is 7.04. The number of likely N-dealkylation sites (tertiary alicyclic amines) is 1. The fourth-order valence-electron chi connectivity index (χ4n) is 5.44. The van der Waals surface area contributed by atoms with E-state index in [4.69, 9.17) is 4.74 Å². The Morgan fingerprint density at radius 1 is 0.969 bits per heavy atom. The molecule has 3 aliphatic carbocycles. The lowest BCUT2D eigenvalue weighted by Crippen LogP contribution is -2.49. The van der Waals surface area contributed by atoms with Gasteiger partial charge in [-0.05, 0) is 54.5 Å². The van der Waals surface area contributed by atoms with Gasteiger partial charge in [-0.15, -0.1) is 0 Å². The molecule has 0 spiro atoms. The number of imide groups is 1. The van der Waals surface area contributed by atoms with E-state index >= 15 is 0 Å². The lowest BCUT2D eigenvalue weighted by Gasteiger charge is -2.38. The van der Waals surface area contributed by atoms with Crippen molar-refractivity contribution in [3.05, 3.63) is 72.3 Å². The summed E-state index contributed by atoms with van der Waals surface area (Å²) in [5.41, 5.74) is 1.49.